The smallest absolute Gasteiger partial charge is 0.374 e. The van der Waals surface area contributed by atoms with Crippen LogP contribution in [-0.4, -0.2) is 31.6 Å². The predicted molar refractivity (Wildman–Crippen MR) is 105 cm³/mol. The Hall–Kier alpha value is -4.04. The molecule has 32 heavy (non-hydrogen) atoms. The highest BCUT2D eigenvalue weighted by atomic mass is 19.4. The van der Waals surface area contributed by atoms with Gasteiger partial charge in [-0.25, -0.2) is 9.07 Å². The first-order valence-corrected chi connectivity index (χ1v) is 9.00. The van der Waals surface area contributed by atoms with E-state index < -0.39 is 41.2 Å². The third-order valence-electron chi connectivity index (χ3n) is 4.58. The summed E-state index contributed by atoms with van der Waals surface area (Å²) in [4.78, 5) is 12.7. The van der Waals surface area contributed by atoms with Crippen molar-refractivity contribution in [2.24, 2.45) is 0 Å². The normalized spacial score (nSPS) is 13.1. The molecule has 164 valence electrons. The predicted octanol–water partition coefficient (Wildman–Crippen LogP) is 3.53. The van der Waals surface area contributed by atoms with E-state index in [9.17, 15) is 27.5 Å². The van der Waals surface area contributed by atoms with Gasteiger partial charge >= 0.3 is 6.18 Å². The molecular formula is C21H15F4N5O2. The third-order valence-corrected chi connectivity index (χ3v) is 4.58. The molecule has 0 spiro atoms. The van der Waals surface area contributed by atoms with Crippen LogP contribution in [-0.2, 0) is 17.5 Å². The maximum atomic E-state index is 13.2. The number of hydrogen-bond acceptors (Lipinski definition) is 5. The monoisotopic (exact) mass is 445 g/mol. The van der Waals surface area contributed by atoms with Crippen LogP contribution in [0.3, 0.4) is 0 Å². The third kappa shape index (κ3) is 4.65. The summed E-state index contributed by atoms with van der Waals surface area (Å²) in [5.74, 6) is -1.54. The molecule has 1 heterocycles. The molecule has 0 unspecified atom stereocenters. The Kier molecular flexibility index (Phi) is 6.09. The minimum absolute atomic E-state index is 0.279. The Labute approximate surface area is 179 Å². The molecule has 3 aromatic rings. The Morgan fingerprint density at radius 3 is 2.53 bits per heavy atom. The van der Waals surface area contributed by atoms with Gasteiger partial charge in [0.25, 0.3) is 5.91 Å². The zero-order valence-electron chi connectivity index (χ0n) is 16.3. The first-order chi connectivity index (χ1) is 15.1. The van der Waals surface area contributed by atoms with Gasteiger partial charge in [-0.3, -0.25) is 4.79 Å². The number of rotatable bonds is 6. The number of alkyl halides is 3. The molecular weight excluding hydrogens is 430 g/mol. The average Bonchev–Trinajstić information content (AvgIpc) is 3.21. The van der Waals surface area contributed by atoms with Gasteiger partial charge in [0.2, 0.25) is 0 Å². The standard InChI is InChI=1S/C21H15F4N5O2/c1-2-20(32,12-30-18(11-27-29-30)13-3-6-15(22)7-4-13)19(31)28-16-8-5-14(10-26)17(9-16)21(23,24)25/h2-9,11,32H,1,12H2,(H,28,31)/t20-/m0/s1. The number of nitrogens with zero attached hydrogens (tertiary/aromatic N) is 4. The van der Waals surface area contributed by atoms with Gasteiger partial charge in [0.1, 0.15) is 5.82 Å². The molecule has 0 aliphatic heterocycles. The SMILES string of the molecule is C=C[C@](O)(Cn1nncc1-c1ccc(F)cc1)C(=O)Nc1ccc(C#N)c(C(F)(F)F)c1. The average molecular weight is 445 g/mol. The number of nitriles is 1. The van der Waals surface area contributed by atoms with Gasteiger partial charge in [0, 0.05) is 11.3 Å². The van der Waals surface area contributed by atoms with Gasteiger partial charge < -0.3 is 10.4 Å². The van der Waals surface area contributed by atoms with Crippen LogP contribution in [0.1, 0.15) is 11.1 Å². The molecule has 2 aromatic carbocycles. The summed E-state index contributed by atoms with van der Waals surface area (Å²) in [5.41, 5.74) is -3.54. The Morgan fingerprint density at radius 2 is 1.94 bits per heavy atom. The Balaban J connectivity index is 1.87. The molecule has 0 bridgehead atoms. The van der Waals surface area contributed by atoms with E-state index >= 15 is 0 Å². The van der Waals surface area contributed by atoms with Crippen LogP contribution in [0.2, 0.25) is 0 Å². The summed E-state index contributed by atoms with van der Waals surface area (Å²) >= 11 is 0. The van der Waals surface area contributed by atoms with Crippen LogP contribution < -0.4 is 5.32 Å². The number of aliphatic hydroxyl groups is 1. The van der Waals surface area contributed by atoms with E-state index in [0.717, 1.165) is 18.2 Å². The lowest BCUT2D eigenvalue weighted by Crippen LogP contribution is -2.45. The summed E-state index contributed by atoms with van der Waals surface area (Å²) in [6.07, 6.45) is -2.57. The number of benzene rings is 2. The van der Waals surface area contributed by atoms with Crippen molar-refractivity contribution in [3.05, 3.63) is 78.3 Å². The number of carbonyl (C=O) groups excluding carboxylic acids is 1. The van der Waals surface area contributed by atoms with Crippen LogP contribution in [0.25, 0.3) is 11.3 Å². The van der Waals surface area contributed by atoms with E-state index in [4.69, 9.17) is 5.26 Å². The van der Waals surface area contributed by atoms with E-state index in [1.165, 1.54) is 41.2 Å². The van der Waals surface area contributed by atoms with Crippen LogP contribution >= 0.6 is 0 Å². The highest BCUT2D eigenvalue weighted by Gasteiger charge is 2.36. The van der Waals surface area contributed by atoms with Crippen LogP contribution in [0.4, 0.5) is 23.2 Å². The van der Waals surface area contributed by atoms with Crippen molar-refractivity contribution < 1.29 is 27.5 Å². The van der Waals surface area contributed by atoms with E-state index in [1.54, 1.807) is 0 Å². The number of amides is 1. The molecule has 0 saturated heterocycles. The summed E-state index contributed by atoms with van der Waals surface area (Å²) in [5, 5.41) is 29.4. The van der Waals surface area contributed by atoms with Crippen molar-refractivity contribution in [2.75, 3.05) is 5.32 Å². The summed E-state index contributed by atoms with van der Waals surface area (Å²) in [6, 6.07) is 9.38. The van der Waals surface area contributed by atoms with E-state index in [1.807, 2.05) is 0 Å². The minimum Gasteiger partial charge on any atom is -0.374 e. The van der Waals surface area contributed by atoms with Crippen LogP contribution in [0.15, 0.2) is 61.3 Å². The lowest BCUT2D eigenvalue weighted by Gasteiger charge is -2.24. The lowest BCUT2D eigenvalue weighted by molar-refractivity contribution is -0.137. The van der Waals surface area contributed by atoms with Crippen LogP contribution in [0, 0.1) is 17.1 Å². The number of aromatic nitrogens is 3. The molecule has 0 saturated carbocycles. The summed E-state index contributed by atoms with van der Waals surface area (Å²) in [6.45, 7) is 2.95. The lowest BCUT2D eigenvalue weighted by atomic mass is 10.0. The fourth-order valence-electron chi connectivity index (χ4n) is 2.87. The molecule has 2 N–H and O–H groups in total. The minimum atomic E-state index is -4.81. The molecule has 1 amide bonds. The zero-order chi connectivity index (χ0) is 23.5. The van der Waals surface area contributed by atoms with Crippen molar-refractivity contribution in [1.29, 1.82) is 5.26 Å². The molecule has 11 heteroatoms. The molecule has 0 aliphatic carbocycles. The fraction of sp³-hybridized carbons (Fsp3) is 0.143. The van der Waals surface area contributed by atoms with Crippen molar-refractivity contribution >= 4 is 11.6 Å². The molecule has 1 atom stereocenters. The summed E-state index contributed by atoms with van der Waals surface area (Å²) in [7, 11) is 0. The van der Waals surface area contributed by atoms with E-state index in [-0.39, 0.29) is 5.69 Å². The van der Waals surface area contributed by atoms with Crippen molar-refractivity contribution in [3.63, 3.8) is 0 Å². The van der Waals surface area contributed by atoms with Crippen molar-refractivity contribution in [1.82, 2.24) is 15.0 Å². The fourth-order valence-corrected chi connectivity index (χ4v) is 2.87. The topological polar surface area (TPSA) is 104 Å². The van der Waals surface area contributed by atoms with E-state index in [2.05, 4.69) is 22.2 Å². The maximum absolute atomic E-state index is 13.2. The number of halogens is 4. The number of hydrogen-bond donors (Lipinski definition) is 2. The van der Waals surface area contributed by atoms with Gasteiger partial charge in [-0.05, 0) is 48.5 Å². The van der Waals surface area contributed by atoms with E-state index in [0.29, 0.717) is 17.3 Å². The molecule has 0 fully saturated rings. The largest absolute Gasteiger partial charge is 0.417 e. The van der Waals surface area contributed by atoms with Gasteiger partial charge in [-0.15, -0.1) is 5.10 Å². The second kappa shape index (κ2) is 8.60. The highest BCUT2D eigenvalue weighted by Crippen LogP contribution is 2.33. The molecule has 0 aliphatic rings. The molecule has 0 radical (unpaired) electrons. The second-order valence-electron chi connectivity index (χ2n) is 6.74. The van der Waals surface area contributed by atoms with Crippen LogP contribution in [0.5, 0.6) is 0 Å². The molecule has 7 nitrogen and oxygen atoms in total. The molecule has 3 rings (SSSR count). The zero-order valence-corrected chi connectivity index (χ0v) is 16.3. The number of nitrogens with one attached hydrogen (secondary N) is 1. The van der Waals surface area contributed by atoms with Gasteiger partial charge in [0.05, 0.1) is 35.6 Å². The van der Waals surface area contributed by atoms with Crippen molar-refractivity contribution in [3.8, 4) is 17.3 Å². The quantitative estimate of drug-likeness (QED) is 0.446. The van der Waals surface area contributed by atoms with Gasteiger partial charge in [-0.2, -0.15) is 18.4 Å². The maximum Gasteiger partial charge on any atom is 0.417 e. The Bertz CT molecular complexity index is 1200. The van der Waals surface area contributed by atoms with Gasteiger partial charge in [-0.1, -0.05) is 11.8 Å². The molecule has 1 aromatic heterocycles. The second-order valence-corrected chi connectivity index (χ2v) is 6.74. The number of anilines is 1. The number of carbonyl (C=O) groups is 1. The summed E-state index contributed by atoms with van der Waals surface area (Å²) < 4.78 is 53.9. The Morgan fingerprint density at radius 1 is 1.25 bits per heavy atom. The van der Waals surface area contributed by atoms with Gasteiger partial charge in [0.15, 0.2) is 5.60 Å². The first-order valence-electron chi connectivity index (χ1n) is 9.00. The highest BCUT2D eigenvalue weighted by molar-refractivity contribution is 5.98. The first kappa shape index (κ1) is 22.6. The van der Waals surface area contributed by atoms with Crippen molar-refractivity contribution in [2.45, 2.75) is 18.3 Å².